The summed E-state index contributed by atoms with van der Waals surface area (Å²) in [6, 6.07) is 3.77. The van der Waals surface area contributed by atoms with E-state index in [4.69, 9.17) is 4.74 Å². The summed E-state index contributed by atoms with van der Waals surface area (Å²) in [4.78, 5) is 17.1. The van der Waals surface area contributed by atoms with Gasteiger partial charge in [-0.25, -0.2) is 0 Å². The van der Waals surface area contributed by atoms with Crippen LogP contribution in [-0.4, -0.2) is 72.4 Å². The maximum Gasteiger partial charge on any atom is 0.264 e. The van der Waals surface area contributed by atoms with E-state index >= 15 is 0 Å². The van der Waals surface area contributed by atoms with E-state index in [9.17, 15) is 9.90 Å². The summed E-state index contributed by atoms with van der Waals surface area (Å²) in [5.41, 5.74) is 0. The molecule has 1 amide bonds. The van der Waals surface area contributed by atoms with Gasteiger partial charge in [0.25, 0.3) is 5.91 Å². The molecule has 2 rings (SSSR count). The zero-order valence-electron chi connectivity index (χ0n) is 12.7. The van der Waals surface area contributed by atoms with Crippen molar-refractivity contribution in [2.45, 2.75) is 26.1 Å². The minimum atomic E-state index is -0.466. The van der Waals surface area contributed by atoms with E-state index in [-0.39, 0.29) is 12.0 Å². The largest absolute Gasteiger partial charge is 0.389 e. The Labute approximate surface area is 130 Å². The number of rotatable bonds is 6. The second-order valence-electron chi connectivity index (χ2n) is 5.61. The molecule has 1 atom stereocenters. The number of thiophene rings is 1. The minimum Gasteiger partial charge on any atom is -0.389 e. The van der Waals surface area contributed by atoms with Crippen LogP contribution >= 0.6 is 11.3 Å². The fraction of sp³-hybridized carbons (Fsp3) is 0.667. The molecule has 1 saturated heterocycles. The number of hydrogen-bond acceptors (Lipinski definition) is 5. The molecule has 0 saturated carbocycles. The van der Waals surface area contributed by atoms with E-state index in [0.29, 0.717) is 26.2 Å². The molecule has 1 aromatic heterocycles. The van der Waals surface area contributed by atoms with Crippen molar-refractivity contribution in [2.24, 2.45) is 0 Å². The molecule has 5 nitrogen and oxygen atoms in total. The highest BCUT2D eigenvalue weighted by atomic mass is 32.1. The molecule has 0 spiro atoms. The monoisotopic (exact) mass is 312 g/mol. The predicted octanol–water partition coefficient (Wildman–Crippen LogP) is 1.29. The number of aliphatic hydroxyl groups excluding tert-OH is 1. The van der Waals surface area contributed by atoms with Crippen LogP contribution in [0.4, 0.5) is 0 Å². The molecule has 1 N–H and O–H groups in total. The number of carbonyl (C=O) groups excluding carboxylic acids is 1. The first kappa shape index (κ1) is 16.4. The molecule has 6 heteroatoms. The van der Waals surface area contributed by atoms with Crippen LogP contribution < -0.4 is 0 Å². The van der Waals surface area contributed by atoms with Crippen molar-refractivity contribution < 1.29 is 14.6 Å². The number of piperazine rings is 1. The molecule has 1 aromatic rings. The number of β-amino-alcohol motifs (C(OH)–C–C–N with tert-alkyl or cyclic N) is 1. The van der Waals surface area contributed by atoms with Gasteiger partial charge < -0.3 is 14.7 Å². The van der Waals surface area contributed by atoms with Crippen molar-refractivity contribution in [3.63, 3.8) is 0 Å². The number of hydrogen-bond donors (Lipinski definition) is 1. The fourth-order valence-corrected chi connectivity index (χ4v) is 3.03. The molecule has 0 aromatic carbocycles. The number of aliphatic hydroxyl groups is 1. The van der Waals surface area contributed by atoms with Gasteiger partial charge in [0, 0.05) is 32.7 Å². The lowest BCUT2D eigenvalue weighted by molar-refractivity contribution is -0.0137. The zero-order valence-corrected chi connectivity index (χ0v) is 13.5. The van der Waals surface area contributed by atoms with Crippen LogP contribution in [0.5, 0.6) is 0 Å². The fourth-order valence-electron chi connectivity index (χ4n) is 2.34. The van der Waals surface area contributed by atoms with Gasteiger partial charge in [0.2, 0.25) is 0 Å². The van der Waals surface area contributed by atoms with Crippen molar-refractivity contribution in [2.75, 3.05) is 39.3 Å². The van der Waals surface area contributed by atoms with Crippen LogP contribution in [0.15, 0.2) is 17.5 Å². The molecule has 21 heavy (non-hydrogen) atoms. The van der Waals surface area contributed by atoms with Crippen LogP contribution in [0.1, 0.15) is 23.5 Å². The molecule has 1 fully saturated rings. The molecule has 0 bridgehead atoms. The van der Waals surface area contributed by atoms with Gasteiger partial charge in [-0.1, -0.05) is 6.07 Å². The topological polar surface area (TPSA) is 53.0 Å². The van der Waals surface area contributed by atoms with E-state index in [2.05, 4.69) is 4.90 Å². The molecule has 1 unspecified atom stereocenters. The molecule has 0 aliphatic carbocycles. The third kappa shape index (κ3) is 5.07. The summed E-state index contributed by atoms with van der Waals surface area (Å²) in [5, 5.41) is 11.9. The average molecular weight is 312 g/mol. The summed E-state index contributed by atoms with van der Waals surface area (Å²) in [6.45, 7) is 7.93. The lowest BCUT2D eigenvalue weighted by Gasteiger charge is -2.35. The molecule has 118 valence electrons. The Hall–Kier alpha value is -0.950. The van der Waals surface area contributed by atoms with Crippen molar-refractivity contribution in [3.8, 4) is 0 Å². The predicted molar refractivity (Wildman–Crippen MR) is 83.8 cm³/mol. The van der Waals surface area contributed by atoms with Gasteiger partial charge in [-0.2, -0.15) is 0 Å². The molecule has 0 radical (unpaired) electrons. The second-order valence-corrected chi connectivity index (χ2v) is 6.55. The summed E-state index contributed by atoms with van der Waals surface area (Å²) >= 11 is 1.48. The number of nitrogens with zero attached hydrogens (tertiary/aromatic N) is 2. The zero-order chi connectivity index (χ0) is 15.2. The summed E-state index contributed by atoms with van der Waals surface area (Å²) in [7, 11) is 0. The first-order valence-corrected chi connectivity index (χ1v) is 8.29. The quantitative estimate of drug-likeness (QED) is 0.860. The first-order valence-electron chi connectivity index (χ1n) is 7.41. The molecular formula is C15H24N2O3S. The van der Waals surface area contributed by atoms with E-state index in [1.807, 2.05) is 36.3 Å². The normalized spacial score (nSPS) is 18.2. The highest BCUT2D eigenvalue weighted by molar-refractivity contribution is 7.12. The lowest BCUT2D eigenvalue weighted by atomic mass is 10.2. The number of carbonyl (C=O) groups is 1. The molecular weight excluding hydrogens is 288 g/mol. The van der Waals surface area contributed by atoms with Gasteiger partial charge in [0.05, 0.1) is 23.7 Å². The van der Waals surface area contributed by atoms with Crippen LogP contribution in [0.25, 0.3) is 0 Å². The smallest absolute Gasteiger partial charge is 0.264 e. The van der Waals surface area contributed by atoms with E-state index in [1.54, 1.807) is 0 Å². The van der Waals surface area contributed by atoms with Gasteiger partial charge in [-0.05, 0) is 25.3 Å². The Bertz CT molecular complexity index is 428. The molecule has 1 aliphatic heterocycles. The van der Waals surface area contributed by atoms with E-state index < -0.39 is 6.10 Å². The van der Waals surface area contributed by atoms with Crippen molar-refractivity contribution in [3.05, 3.63) is 22.4 Å². The molecule has 1 aliphatic rings. The Morgan fingerprint density at radius 1 is 1.38 bits per heavy atom. The average Bonchev–Trinajstić information content (AvgIpc) is 2.99. The van der Waals surface area contributed by atoms with Crippen LogP contribution in [0.3, 0.4) is 0 Å². The molecule has 2 heterocycles. The van der Waals surface area contributed by atoms with Crippen LogP contribution in [-0.2, 0) is 4.74 Å². The van der Waals surface area contributed by atoms with Crippen molar-refractivity contribution >= 4 is 17.2 Å². The summed E-state index contributed by atoms with van der Waals surface area (Å²) < 4.78 is 5.41. The summed E-state index contributed by atoms with van der Waals surface area (Å²) in [6.07, 6.45) is -0.327. The number of ether oxygens (including phenoxy) is 1. The minimum absolute atomic E-state index is 0.119. The van der Waals surface area contributed by atoms with Crippen LogP contribution in [0.2, 0.25) is 0 Å². The van der Waals surface area contributed by atoms with E-state index in [0.717, 1.165) is 18.0 Å². The Morgan fingerprint density at radius 2 is 2.10 bits per heavy atom. The third-order valence-electron chi connectivity index (χ3n) is 3.48. The maximum atomic E-state index is 12.2. The Morgan fingerprint density at radius 3 is 2.67 bits per heavy atom. The first-order chi connectivity index (χ1) is 10.1. The van der Waals surface area contributed by atoms with Gasteiger partial charge in [0.15, 0.2) is 0 Å². The lowest BCUT2D eigenvalue weighted by Crippen LogP contribution is -2.50. The van der Waals surface area contributed by atoms with Gasteiger partial charge >= 0.3 is 0 Å². The van der Waals surface area contributed by atoms with Gasteiger partial charge in [-0.3, -0.25) is 9.69 Å². The maximum absolute atomic E-state index is 12.2. The van der Waals surface area contributed by atoms with E-state index in [1.165, 1.54) is 11.3 Å². The Kier molecular flexibility index (Phi) is 6.17. The van der Waals surface area contributed by atoms with Gasteiger partial charge in [-0.15, -0.1) is 11.3 Å². The van der Waals surface area contributed by atoms with Crippen LogP contribution in [0, 0.1) is 0 Å². The highest BCUT2D eigenvalue weighted by Gasteiger charge is 2.23. The standard InChI is InChI=1S/C15H24N2O3S/c1-12(2)20-11-13(18)10-16-5-7-17(8-6-16)15(19)14-4-3-9-21-14/h3-4,9,12-13,18H,5-8,10-11H2,1-2H3. The van der Waals surface area contributed by atoms with Gasteiger partial charge in [0.1, 0.15) is 0 Å². The second kappa shape index (κ2) is 7.89. The van der Waals surface area contributed by atoms with Crippen molar-refractivity contribution in [1.82, 2.24) is 9.80 Å². The third-order valence-corrected chi connectivity index (χ3v) is 4.34. The summed E-state index contributed by atoms with van der Waals surface area (Å²) in [5.74, 6) is 0.119. The highest BCUT2D eigenvalue weighted by Crippen LogP contribution is 2.14. The number of amides is 1. The SMILES string of the molecule is CC(C)OCC(O)CN1CCN(C(=O)c2cccs2)CC1. The van der Waals surface area contributed by atoms with Crippen molar-refractivity contribution in [1.29, 1.82) is 0 Å². The Balaban J connectivity index is 1.72.